The molecule has 0 unspecified atom stereocenters. The van der Waals surface area contributed by atoms with E-state index in [4.69, 9.17) is 28.3 Å². The Morgan fingerprint density at radius 3 is 2.44 bits per heavy atom. The standard InChI is InChI=1S/C13H7Cl2FO2/c14-8-2-3-11(15)9(6-8)10-5-7(13(17)18)1-4-12(10)16/h1-6H,(H,17,18). The maximum atomic E-state index is 13.7. The van der Waals surface area contributed by atoms with Crippen molar-refractivity contribution in [2.75, 3.05) is 0 Å². The lowest BCUT2D eigenvalue weighted by Gasteiger charge is -2.07. The summed E-state index contributed by atoms with van der Waals surface area (Å²) in [5.41, 5.74) is 0.467. The van der Waals surface area contributed by atoms with Gasteiger partial charge in [0.05, 0.1) is 5.56 Å². The van der Waals surface area contributed by atoms with E-state index in [1.807, 2.05) is 0 Å². The van der Waals surface area contributed by atoms with Gasteiger partial charge < -0.3 is 5.11 Å². The predicted octanol–water partition coefficient (Wildman–Crippen LogP) is 4.50. The zero-order valence-electron chi connectivity index (χ0n) is 8.95. The first-order valence-electron chi connectivity index (χ1n) is 4.97. The van der Waals surface area contributed by atoms with Gasteiger partial charge in [-0.1, -0.05) is 23.2 Å². The number of benzene rings is 2. The summed E-state index contributed by atoms with van der Waals surface area (Å²) in [4.78, 5) is 10.9. The molecular weight excluding hydrogens is 278 g/mol. The molecule has 5 heteroatoms. The molecule has 1 N–H and O–H groups in total. The molecule has 92 valence electrons. The van der Waals surface area contributed by atoms with Crippen molar-refractivity contribution in [3.8, 4) is 11.1 Å². The van der Waals surface area contributed by atoms with Crippen molar-refractivity contribution >= 4 is 29.2 Å². The lowest BCUT2D eigenvalue weighted by atomic mass is 10.0. The largest absolute Gasteiger partial charge is 0.478 e. The quantitative estimate of drug-likeness (QED) is 0.882. The number of halogens is 3. The third-order valence-corrected chi connectivity index (χ3v) is 3.00. The van der Waals surface area contributed by atoms with Gasteiger partial charge in [-0.15, -0.1) is 0 Å². The second-order valence-corrected chi connectivity index (χ2v) is 4.47. The number of aromatic carboxylic acids is 1. The number of carbonyl (C=O) groups is 1. The van der Waals surface area contributed by atoms with Crippen molar-refractivity contribution < 1.29 is 14.3 Å². The topological polar surface area (TPSA) is 37.3 Å². The van der Waals surface area contributed by atoms with Crippen LogP contribution in [-0.2, 0) is 0 Å². The summed E-state index contributed by atoms with van der Waals surface area (Å²) in [7, 11) is 0. The zero-order chi connectivity index (χ0) is 13.3. The molecule has 0 fully saturated rings. The fourth-order valence-corrected chi connectivity index (χ4v) is 1.96. The van der Waals surface area contributed by atoms with Gasteiger partial charge in [-0.25, -0.2) is 9.18 Å². The van der Waals surface area contributed by atoms with E-state index < -0.39 is 11.8 Å². The molecule has 0 atom stereocenters. The van der Waals surface area contributed by atoms with Crippen LogP contribution >= 0.6 is 23.2 Å². The van der Waals surface area contributed by atoms with Crippen LogP contribution in [0.15, 0.2) is 36.4 Å². The molecule has 0 aromatic heterocycles. The van der Waals surface area contributed by atoms with Crippen LogP contribution in [0.3, 0.4) is 0 Å². The van der Waals surface area contributed by atoms with E-state index in [1.165, 1.54) is 24.3 Å². The first kappa shape index (κ1) is 12.9. The Labute approximate surface area is 113 Å². The summed E-state index contributed by atoms with van der Waals surface area (Å²) < 4.78 is 13.7. The fourth-order valence-electron chi connectivity index (χ4n) is 1.57. The van der Waals surface area contributed by atoms with Crippen molar-refractivity contribution in [3.05, 3.63) is 57.8 Å². The molecule has 2 aromatic rings. The van der Waals surface area contributed by atoms with E-state index in [0.717, 1.165) is 6.07 Å². The Bertz CT molecular complexity index is 626. The predicted molar refractivity (Wildman–Crippen MR) is 68.8 cm³/mol. The SMILES string of the molecule is O=C(O)c1ccc(F)c(-c2cc(Cl)ccc2Cl)c1. The van der Waals surface area contributed by atoms with Gasteiger partial charge in [-0.2, -0.15) is 0 Å². The van der Waals surface area contributed by atoms with Gasteiger partial charge in [0.1, 0.15) is 5.82 Å². The van der Waals surface area contributed by atoms with Crippen LogP contribution in [0.5, 0.6) is 0 Å². The van der Waals surface area contributed by atoms with Gasteiger partial charge in [0.2, 0.25) is 0 Å². The molecule has 2 aromatic carbocycles. The van der Waals surface area contributed by atoms with E-state index in [-0.39, 0.29) is 11.1 Å². The summed E-state index contributed by atoms with van der Waals surface area (Å²) in [6.45, 7) is 0. The number of carboxylic acids is 1. The molecule has 2 nitrogen and oxygen atoms in total. The van der Waals surface area contributed by atoms with Crippen molar-refractivity contribution in [2.24, 2.45) is 0 Å². The van der Waals surface area contributed by atoms with Crippen LogP contribution < -0.4 is 0 Å². The third kappa shape index (κ3) is 2.47. The second-order valence-electron chi connectivity index (χ2n) is 3.62. The second kappa shape index (κ2) is 4.96. The van der Waals surface area contributed by atoms with Crippen LogP contribution in [0, 0.1) is 5.82 Å². The first-order valence-corrected chi connectivity index (χ1v) is 5.73. The summed E-state index contributed by atoms with van der Waals surface area (Å²) >= 11 is 11.8. The molecule has 0 aliphatic carbocycles. The van der Waals surface area contributed by atoms with E-state index >= 15 is 0 Å². The van der Waals surface area contributed by atoms with Gasteiger partial charge >= 0.3 is 5.97 Å². The van der Waals surface area contributed by atoms with E-state index in [9.17, 15) is 9.18 Å². The number of hydrogen-bond donors (Lipinski definition) is 1. The molecule has 0 heterocycles. The Hall–Kier alpha value is -1.58. The molecule has 0 saturated carbocycles. The van der Waals surface area contributed by atoms with Gasteiger partial charge in [0.15, 0.2) is 0 Å². The van der Waals surface area contributed by atoms with Gasteiger partial charge in [0, 0.05) is 21.2 Å². The summed E-state index contributed by atoms with van der Waals surface area (Å²) in [6, 6.07) is 8.12. The number of rotatable bonds is 2. The van der Waals surface area contributed by atoms with Gasteiger partial charge in [0.25, 0.3) is 0 Å². The van der Waals surface area contributed by atoms with Crippen molar-refractivity contribution in [2.45, 2.75) is 0 Å². The summed E-state index contributed by atoms with van der Waals surface area (Å²) in [5, 5.41) is 9.59. The Morgan fingerprint density at radius 1 is 1.06 bits per heavy atom. The Balaban J connectivity index is 2.66. The minimum absolute atomic E-state index is 0.0116. The van der Waals surface area contributed by atoms with E-state index in [2.05, 4.69) is 0 Å². The molecule has 0 amide bonds. The maximum absolute atomic E-state index is 13.7. The lowest BCUT2D eigenvalue weighted by molar-refractivity contribution is 0.0697. The molecule has 18 heavy (non-hydrogen) atoms. The highest BCUT2D eigenvalue weighted by Crippen LogP contribution is 2.32. The van der Waals surface area contributed by atoms with E-state index in [0.29, 0.717) is 15.6 Å². The third-order valence-electron chi connectivity index (χ3n) is 2.43. The molecule has 2 rings (SSSR count). The van der Waals surface area contributed by atoms with Crippen molar-refractivity contribution in [3.63, 3.8) is 0 Å². The minimum Gasteiger partial charge on any atom is -0.478 e. The van der Waals surface area contributed by atoms with Crippen LogP contribution in [0.2, 0.25) is 10.0 Å². The summed E-state index contributed by atoms with van der Waals surface area (Å²) in [6.07, 6.45) is 0. The van der Waals surface area contributed by atoms with Crippen LogP contribution in [-0.4, -0.2) is 11.1 Å². The highest BCUT2D eigenvalue weighted by Gasteiger charge is 2.13. The monoisotopic (exact) mass is 284 g/mol. The zero-order valence-corrected chi connectivity index (χ0v) is 10.5. The van der Waals surface area contributed by atoms with Gasteiger partial charge in [-0.3, -0.25) is 0 Å². The highest BCUT2D eigenvalue weighted by atomic mass is 35.5. The Morgan fingerprint density at radius 2 is 1.78 bits per heavy atom. The number of carboxylic acid groups (broad SMARTS) is 1. The van der Waals surface area contributed by atoms with Gasteiger partial charge in [-0.05, 0) is 36.4 Å². The lowest BCUT2D eigenvalue weighted by Crippen LogP contribution is -1.97. The first-order chi connectivity index (χ1) is 8.49. The summed E-state index contributed by atoms with van der Waals surface area (Å²) in [5.74, 6) is -1.68. The average Bonchev–Trinajstić information content (AvgIpc) is 2.33. The molecule has 0 aliphatic heterocycles. The normalized spacial score (nSPS) is 10.4. The molecule has 0 bridgehead atoms. The van der Waals surface area contributed by atoms with Crippen LogP contribution in [0.4, 0.5) is 4.39 Å². The minimum atomic E-state index is -1.13. The molecule has 0 saturated heterocycles. The van der Waals surface area contributed by atoms with E-state index in [1.54, 1.807) is 6.07 Å². The molecule has 0 radical (unpaired) electrons. The van der Waals surface area contributed by atoms with Crippen LogP contribution in [0.25, 0.3) is 11.1 Å². The van der Waals surface area contributed by atoms with Crippen molar-refractivity contribution in [1.82, 2.24) is 0 Å². The average molecular weight is 285 g/mol. The van der Waals surface area contributed by atoms with Crippen LogP contribution in [0.1, 0.15) is 10.4 Å². The molecule has 0 aliphatic rings. The number of hydrogen-bond acceptors (Lipinski definition) is 1. The fraction of sp³-hybridized carbons (Fsp3) is 0. The highest BCUT2D eigenvalue weighted by molar-refractivity contribution is 6.35. The maximum Gasteiger partial charge on any atom is 0.335 e. The smallest absolute Gasteiger partial charge is 0.335 e. The van der Waals surface area contributed by atoms with Crippen molar-refractivity contribution in [1.29, 1.82) is 0 Å². The molecular formula is C13H7Cl2FO2. The Kier molecular flexibility index (Phi) is 3.55. The molecule has 0 spiro atoms.